The van der Waals surface area contributed by atoms with Crippen LogP contribution in [0.3, 0.4) is 0 Å². The molecule has 1 atom stereocenters. The molecule has 21 heavy (non-hydrogen) atoms. The number of nitrogens with zero attached hydrogens (tertiary/aromatic N) is 2. The van der Waals surface area contributed by atoms with Gasteiger partial charge >= 0.3 is 0 Å². The predicted octanol–water partition coefficient (Wildman–Crippen LogP) is 2.71. The molecular formula is C14H17BrN2O3S. The Labute approximate surface area is 132 Å². The summed E-state index contributed by atoms with van der Waals surface area (Å²) in [6, 6.07) is 6.41. The molecule has 1 aromatic carbocycles. The van der Waals surface area contributed by atoms with Gasteiger partial charge in [-0.2, -0.15) is 5.10 Å². The third kappa shape index (κ3) is 3.36. The molecule has 1 aromatic heterocycles. The fourth-order valence-corrected chi connectivity index (χ4v) is 3.26. The first-order chi connectivity index (χ1) is 9.71. The zero-order chi connectivity index (χ0) is 15.8. The molecule has 2 aromatic rings. The van der Waals surface area contributed by atoms with Crippen molar-refractivity contribution in [2.75, 3.05) is 6.26 Å². The van der Waals surface area contributed by atoms with Crippen LogP contribution in [0.15, 0.2) is 39.8 Å². The van der Waals surface area contributed by atoms with Crippen molar-refractivity contribution in [3.05, 3.63) is 46.2 Å². The van der Waals surface area contributed by atoms with Crippen molar-refractivity contribution in [3.8, 4) is 0 Å². The second kappa shape index (κ2) is 5.90. The van der Waals surface area contributed by atoms with E-state index in [0.29, 0.717) is 15.7 Å². The summed E-state index contributed by atoms with van der Waals surface area (Å²) >= 11 is 3.38. The van der Waals surface area contributed by atoms with Gasteiger partial charge in [0.2, 0.25) is 0 Å². The molecule has 0 aliphatic carbocycles. The normalized spacial score (nSPS) is 13.6. The highest BCUT2D eigenvalue weighted by Crippen LogP contribution is 2.31. The van der Waals surface area contributed by atoms with Gasteiger partial charge in [0, 0.05) is 12.3 Å². The molecule has 0 radical (unpaired) electrons. The minimum absolute atomic E-state index is 0.0824. The van der Waals surface area contributed by atoms with Crippen molar-refractivity contribution in [1.29, 1.82) is 0 Å². The Hall–Kier alpha value is -1.18. The summed E-state index contributed by atoms with van der Waals surface area (Å²) in [7, 11) is -3.31. The smallest absolute Gasteiger partial charge is 0.175 e. The Kier molecular flexibility index (Phi) is 4.55. The SMILES string of the molecule is CC(C)n1ncc(Br)c1C(O)c1cccc(S(C)(=O)=O)c1. The van der Waals surface area contributed by atoms with Crippen molar-refractivity contribution in [2.24, 2.45) is 0 Å². The fraction of sp³-hybridized carbons (Fsp3) is 0.357. The molecule has 1 heterocycles. The standard InChI is InChI=1S/C14H17BrN2O3S/c1-9(2)17-13(12(15)8-16-17)14(18)10-5-4-6-11(7-10)21(3,19)20/h4-9,14,18H,1-3H3. The van der Waals surface area contributed by atoms with Gasteiger partial charge in [0.15, 0.2) is 9.84 Å². The number of hydrogen-bond donors (Lipinski definition) is 1. The molecule has 0 saturated heterocycles. The van der Waals surface area contributed by atoms with E-state index in [4.69, 9.17) is 0 Å². The molecule has 0 aliphatic rings. The Bertz CT molecular complexity index is 753. The number of aliphatic hydroxyl groups excluding tert-OH is 1. The number of aliphatic hydroxyl groups is 1. The van der Waals surface area contributed by atoms with E-state index >= 15 is 0 Å². The average Bonchev–Trinajstić information content (AvgIpc) is 2.79. The summed E-state index contributed by atoms with van der Waals surface area (Å²) in [6.07, 6.45) is 1.82. The van der Waals surface area contributed by atoms with E-state index in [-0.39, 0.29) is 10.9 Å². The highest BCUT2D eigenvalue weighted by molar-refractivity contribution is 9.10. The van der Waals surface area contributed by atoms with Crippen LogP contribution in [-0.2, 0) is 9.84 Å². The van der Waals surface area contributed by atoms with Gasteiger partial charge in [-0.25, -0.2) is 8.42 Å². The topological polar surface area (TPSA) is 72.2 Å². The highest BCUT2D eigenvalue weighted by Gasteiger charge is 2.22. The summed E-state index contributed by atoms with van der Waals surface area (Å²) < 4.78 is 25.7. The van der Waals surface area contributed by atoms with Crippen molar-refractivity contribution >= 4 is 25.8 Å². The summed E-state index contributed by atoms with van der Waals surface area (Å²) in [5.74, 6) is 0. The van der Waals surface area contributed by atoms with Crippen molar-refractivity contribution in [3.63, 3.8) is 0 Å². The molecule has 1 unspecified atom stereocenters. The molecule has 0 spiro atoms. The molecule has 1 N–H and O–H groups in total. The second-order valence-electron chi connectivity index (χ2n) is 5.16. The van der Waals surface area contributed by atoms with Crippen LogP contribution in [0.4, 0.5) is 0 Å². The summed E-state index contributed by atoms with van der Waals surface area (Å²) in [4.78, 5) is 0.186. The number of aromatic nitrogens is 2. The highest BCUT2D eigenvalue weighted by atomic mass is 79.9. The first-order valence-electron chi connectivity index (χ1n) is 6.42. The number of halogens is 1. The lowest BCUT2D eigenvalue weighted by atomic mass is 10.1. The van der Waals surface area contributed by atoms with Gasteiger partial charge in [0.05, 0.1) is 21.3 Å². The van der Waals surface area contributed by atoms with Crippen LogP contribution < -0.4 is 0 Å². The summed E-state index contributed by atoms with van der Waals surface area (Å²) in [6.45, 7) is 3.92. The third-order valence-electron chi connectivity index (χ3n) is 3.14. The lowest BCUT2D eigenvalue weighted by molar-refractivity contribution is 0.204. The molecule has 5 nitrogen and oxygen atoms in total. The molecule has 0 aliphatic heterocycles. The maximum atomic E-state index is 11.6. The minimum Gasteiger partial charge on any atom is -0.382 e. The Morgan fingerprint density at radius 1 is 1.33 bits per heavy atom. The summed E-state index contributed by atoms with van der Waals surface area (Å²) in [5, 5.41) is 14.8. The van der Waals surface area contributed by atoms with Crippen LogP contribution in [0.1, 0.15) is 37.3 Å². The Morgan fingerprint density at radius 2 is 2.00 bits per heavy atom. The zero-order valence-electron chi connectivity index (χ0n) is 12.0. The molecule has 114 valence electrons. The lowest BCUT2D eigenvalue weighted by Crippen LogP contribution is -2.13. The monoisotopic (exact) mass is 372 g/mol. The van der Waals surface area contributed by atoms with Crippen molar-refractivity contribution < 1.29 is 13.5 Å². The molecule has 0 saturated carbocycles. The van der Waals surface area contributed by atoms with Crippen molar-refractivity contribution in [1.82, 2.24) is 9.78 Å². The van der Waals surface area contributed by atoms with Crippen LogP contribution in [0.25, 0.3) is 0 Å². The van der Waals surface area contributed by atoms with Gasteiger partial charge in [0.1, 0.15) is 6.10 Å². The van der Waals surface area contributed by atoms with E-state index in [1.54, 1.807) is 23.0 Å². The van der Waals surface area contributed by atoms with Gasteiger partial charge in [-0.1, -0.05) is 12.1 Å². The zero-order valence-corrected chi connectivity index (χ0v) is 14.4. The maximum Gasteiger partial charge on any atom is 0.175 e. The van der Waals surface area contributed by atoms with Crippen LogP contribution >= 0.6 is 15.9 Å². The largest absolute Gasteiger partial charge is 0.382 e. The van der Waals surface area contributed by atoms with Gasteiger partial charge in [-0.05, 0) is 47.5 Å². The summed E-state index contributed by atoms with van der Waals surface area (Å²) in [5.41, 5.74) is 1.12. The lowest BCUT2D eigenvalue weighted by Gasteiger charge is -2.17. The predicted molar refractivity (Wildman–Crippen MR) is 83.9 cm³/mol. The van der Waals surface area contributed by atoms with Gasteiger partial charge in [0.25, 0.3) is 0 Å². The molecule has 0 amide bonds. The number of hydrogen-bond acceptors (Lipinski definition) is 4. The van der Waals surface area contributed by atoms with Gasteiger partial charge < -0.3 is 5.11 Å². The minimum atomic E-state index is -3.31. The molecule has 7 heteroatoms. The van der Waals surface area contributed by atoms with E-state index in [1.807, 2.05) is 13.8 Å². The van der Waals surface area contributed by atoms with Gasteiger partial charge in [-0.15, -0.1) is 0 Å². The molecule has 2 rings (SSSR count). The van der Waals surface area contributed by atoms with Crippen LogP contribution in [-0.4, -0.2) is 29.6 Å². The number of rotatable bonds is 4. The van der Waals surface area contributed by atoms with Crippen LogP contribution in [0.2, 0.25) is 0 Å². The quantitative estimate of drug-likeness (QED) is 0.895. The van der Waals surface area contributed by atoms with E-state index in [2.05, 4.69) is 21.0 Å². The first-order valence-corrected chi connectivity index (χ1v) is 9.11. The van der Waals surface area contributed by atoms with Crippen LogP contribution in [0, 0.1) is 0 Å². The Morgan fingerprint density at radius 3 is 2.57 bits per heavy atom. The third-order valence-corrected chi connectivity index (χ3v) is 4.86. The van der Waals surface area contributed by atoms with Crippen molar-refractivity contribution in [2.45, 2.75) is 30.9 Å². The average molecular weight is 373 g/mol. The second-order valence-corrected chi connectivity index (χ2v) is 8.03. The van der Waals surface area contributed by atoms with E-state index < -0.39 is 15.9 Å². The maximum absolute atomic E-state index is 11.6. The van der Waals surface area contributed by atoms with E-state index in [0.717, 1.165) is 6.26 Å². The Balaban J connectivity index is 2.51. The van der Waals surface area contributed by atoms with E-state index in [1.165, 1.54) is 12.1 Å². The number of sulfone groups is 1. The van der Waals surface area contributed by atoms with E-state index in [9.17, 15) is 13.5 Å². The molecule has 0 fully saturated rings. The first kappa shape index (κ1) is 16.2. The number of benzene rings is 1. The molecule has 0 bridgehead atoms. The van der Waals surface area contributed by atoms with Crippen LogP contribution in [0.5, 0.6) is 0 Å². The van der Waals surface area contributed by atoms with Gasteiger partial charge in [-0.3, -0.25) is 4.68 Å². The fourth-order valence-electron chi connectivity index (χ4n) is 2.09. The molecular weight excluding hydrogens is 356 g/mol.